The lowest BCUT2D eigenvalue weighted by molar-refractivity contribution is 0.398. The van der Waals surface area contributed by atoms with E-state index >= 15 is 0 Å². The Hall–Kier alpha value is -5.03. The standard InChI is InChI=1S/C27H19N7O/c1-33-24-15-30-23-9-7-17(22-14-29-12-18-5-3-4-6-20(18)22)11-21(23)26(24)34(27(33)32-16-28)19-8-10-25(35-2)31-13-19/h3-15H,1-2H3. The molecular formula is C27H19N7O. The van der Waals surface area contributed by atoms with E-state index in [2.05, 4.69) is 39.2 Å². The molecule has 4 aromatic heterocycles. The summed E-state index contributed by atoms with van der Waals surface area (Å²) in [4.78, 5) is 17.6. The number of methoxy groups -OCH3 is 1. The maximum absolute atomic E-state index is 9.43. The molecule has 6 rings (SSSR count). The van der Waals surface area contributed by atoms with Gasteiger partial charge in [0.2, 0.25) is 17.7 Å². The highest BCUT2D eigenvalue weighted by atomic mass is 16.5. The smallest absolute Gasteiger partial charge is 0.226 e. The zero-order valence-electron chi connectivity index (χ0n) is 19.0. The highest BCUT2D eigenvalue weighted by Gasteiger charge is 2.17. The Morgan fingerprint density at radius 2 is 1.83 bits per heavy atom. The predicted molar refractivity (Wildman–Crippen MR) is 134 cm³/mol. The van der Waals surface area contributed by atoms with Gasteiger partial charge in [-0.25, -0.2) is 4.98 Å². The van der Waals surface area contributed by atoms with Gasteiger partial charge in [-0.15, -0.1) is 4.99 Å². The van der Waals surface area contributed by atoms with Gasteiger partial charge in [0.15, 0.2) is 0 Å². The predicted octanol–water partition coefficient (Wildman–Crippen LogP) is 4.52. The monoisotopic (exact) mass is 457 g/mol. The summed E-state index contributed by atoms with van der Waals surface area (Å²) in [5.41, 5.74) is 5.86. The Labute approximate surface area is 200 Å². The van der Waals surface area contributed by atoms with Gasteiger partial charge in [0.05, 0.1) is 41.7 Å². The van der Waals surface area contributed by atoms with E-state index in [1.165, 1.54) is 0 Å². The molecule has 0 N–H and O–H groups in total. The normalized spacial score (nSPS) is 11.9. The molecule has 0 saturated carbocycles. The number of nitrogens with zero attached hydrogens (tertiary/aromatic N) is 7. The van der Waals surface area contributed by atoms with Gasteiger partial charge in [0.1, 0.15) is 0 Å². The van der Waals surface area contributed by atoms with E-state index in [0.717, 1.165) is 49.5 Å². The lowest BCUT2D eigenvalue weighted by Gasteiger charge is -2.10. The Bertz CT molecular complexity index is 1850. The minimum Gasteiger partial charge on any atom is -0.481 e. The summed E-state index contributed by atoms with van der Waals surface area (Å²) in [5, 5.41) is 12.6. The number of imidazole rings is 1. The van der Waals surface area contributed by atoms with Crippen molar-refractivity contribution < 1.29 is 4.74 Å². The van der Waals surface area contributed by atoms with Crippen LogP contribution in [0.5, 0.6) is 5.88 Å². The van der Waals surface area contributed by atoms with Gasteiger partial charge in [-0.3, -0.25) is 14.5 Å². The van der Waals surface area contributed by atoms with Crippen molar-refractivity contribution in [2.24, 2.45) is 12.0 Å². The molecule has 4 heterocycles. The topological polar surface area (TPSA) is 93.9 Å². The second-order valence-corrected chi connectivity index (χ2v) is 8.10. The Morgan fingerprint density at radius 3 is 2.63 bits per heavy atom. The number of pyridine rings is 3. The number of aryl methyl sites for hydroxylation is 1. The second-order valence-electron chi connectivity index (χ2n) is 8.10. The molecule has 8 nitrogen and oxygen atoms in total. The van der Waals surface area contributed by atoms with E-state index in [-0.39, 0.29) is 0 Å². The molecule has 8 heteroatoms. The van der Waals surface area contributed by atoms with Crippen LogP contribution < -0.4 is 10.4 Å². The third-order valence-electron chi connectivity index (χ3n) is 6.22. The Kier molecular flexibility index (Phi) is 4.75. The lowest BCUT2D eigenvalue weighted by atomic mass is 9.99. The van der Waals surface area contributed by atoms with Crippen LogP contribution in [-0.4, -0.2) is 31.2 Å². The van der Waals surface area contributed by atoms with Gasteiger partial charge in [-0.05, 0) is 29.1 Å². The number of aromatic nitrogens is 5. The number of hydrogen-bond donors (Lipinski definition) is 0. The molecule has 168 valence electrons. The fraction of sp³-hybridized carbons (Fsp3) is 0.0741. The van der Waals surface area contributed by atoms with Gasteiger partial charge < -0.3 is 9.30 Å². The number of benzene rings is 2. The average molecular weight is 457 g/mol. The van der Waals surface area contributed by atoms with Crippen LogP contribution in [0.15, 0.2) is 84.4 Å². The molecule has 0 radical (unpaired) electrons. The van der Waals surface area contributed by atoms with E-state index in [4.69, 9.17) is 9.72 Å². The summed E-state index contributed by atoms with van der Waals surface area (Å²) in [6.07, 6.45) is 9.21. The first-order chi connectivity index (χ1) is 17.2. The molecular weight excluding hydrogens is 438 g/mol. The van der Waals surface area contributed by atoms with Crippen molar-refractivity contribution in [2.45, 2.75) is 0 Å². The van der Waals surface area contributed by atoms with Crippen molar-refractivity contribution in [1.82, 2.24) is 24.1 Å². The van der Waals surface area contributed by atoms with Crippen LogP contribution in [0.25, 0.3) is 49.5 Å². The van der Waals surface area contributed by atoms with Gasteiger partial charge in [0, 0.05) is 41.8 Å². The number of nitriles is 1. The molecule has 0 fully saturated rings. The van der Waals surface area contributed by atoms with Gasteiger partial charge >= 0.3 is 0 Å². The Balaban J connectivity index is 1.72. The van der Waals surface area contributed by atoms with Crippen LogP contribution >= 0.6 is 0 Å². The third-order valence-corrected chi connectivity index (χ3v) is 6.22. The minimum atomic E-state index is 0.473. The molecule has 6 aromatic rings. The summed E-state index contributed by atoms with van der Waals surface area (Å²) in [6, 6.07) is 18.1. The summed E-state index contributed by atoms with van der Waals surface area (Å²) >= 11 is 0. The molecule has 0 bridgehead atoms. The number of fused-ring (bicyclic) bond motifs is 4. The average Bonchev–Trinajstić information content (AvgIpc) is 3.20. The number of ether oxygens (including phenoxy) is 1. The number of rotatable bonds is 3. The van der Waals surface area contributed by atoms with Crippen molar-refractivity contribution >= 4 is 32.7 Å². The van der Waals surface area contributed by atoms with E-state index < -0.39 is 0 Å². The first-order valence-corrected chi connectivity index (χ1v) is 11.0. The van der Waals surface area contributed by atoms with Crippen molar-refractivity contribution in [3.63, 3.8) is 0 Å². The second kappa shape index (κ2) is 8.08. The number of hydrogen-bond acceptors (Lipinski definition) is 6. The zero-order valence-corrected chi connectivity index (χ0v) is 19.0. The molecule has 2 aromatic carbocycles. The molecule has 0 aliphatic carbocycles. The largest absolute Gasteiger partial charge is 0.481 e. The van der Waals surface area contributed by atoms with Crippen LogP contribution in [-0.2, 0) is 7.05 Å². The highest BCUT2D eigenvalue weighted by Crippen LogP contribution is 2.32. The molecule has 0 saturated heterocycles. The lowest BCUT2D eigenvalue weighted by Crippen LogP contribution is -2.22. The van der Waals surface area contributed by atoms with Gasteiger partial charge in [-0.1, -0.05) is 30.3 Å². The zero-order chi connectivity index (χ0) is 23.9. The molecule has 0 aliphatic rings. The van der Waals surface area contributed by atoms with Crippen molar-refractivity contribution in [3.8, 4) is 28.9 Å². The maximum atomic E-state index is 9.43. The summed E-state index contributed by atoms with van der Waals surface area (Å²) in [6.45, 7) is 0. The summed E-state index contributed by atoms with van der Waals surface area (Å²) in [7, 11) is 3.45. The molecule has 0 unspecified atom stereocenters. The molecule has 0 spiro atoms. The fourth-order valence-electron chi connectivity index (χ4n) is 4.56. The van der Waals surface area contributed by atoms with Crippen molar-refractivity contribution in [1.29, 1.82) is 5.26 Å². The first kappa shape index (κ1) is 20.6. The van der Waals surface area contributed by atoms with Crippen molar-refractivity contribution in [2.75, 3.05) is 7.11 Å². The van der Waals surface area contributed by atoms with E-state index in [9.17, 15) is 5.26 Å². The highest BCUT2D eigenvalue weighted by molar-refractivity contribution is 6.06. The molecule has 0 atom stereocenters. The van der Waals surface area contributed by atoms with Crippen LogP contribution in [0, 0.1) is 11.5 Å². The summed E-state index contributed by atoms with van der Waals surface area (Å²) in [5.74, 6) is 0.505. The van der Waals surface area contributed by atoms with Gasteiger partial charge in [-0.2, -0.15) is 5.26 Å². The third kappa shape index (κ3) is 3.21. The van der Waals surface area contributed by atoms with Crippen LogP contribution in [0.2, 0.25) is 0 Å². The van der Waals surface area contributed by atoms with E-state index in [1.807, 2.05) is 59.0 Å². The van der Waals surface area contributed by atoms with Crippen LogP contribution in [0.3, 0.4) is 0 Å². The van der Waals surface area contributed by atoms with Gasteiger partial charge in [0.25, 0.3) is 0 Å². The first-order valence-electron chi connectivity index (χ1n) is 11.0. The molecule has 0 aliphatic heterocycles. The molecule has 0 amide bonds. The Morgan fingerprint density at radius 1 is 0.943 bits per heavy atom. The fourth-order valence-corrected chi connectivity index (χ4v) is 4.56. The van der Waals surface area contributed by atoms with Crippen LogP contribution in [0.1, 0.15) is 0 Å². The van der Waals surface area contributed by atoms with E-state index in [1.54, 1.807) is 25.6 Å². The SMILES string of the molecule is COc1ccc(-n2c(=NC#N)n(C)c3cnc4ccc(-c5cncc6ccccc56)cc4c32)cn1. The maximum Gasteiger partial charge on any atom is 0.226 e. The minimum absolute atomic E-state index is 0.473. The van der Waals surface area contributed by atoms with Crippen molar-refractivity contribution in [3.05, 3.63) is 85.0 Å². The van der Waals surface area contributed by atoms with Crippen LogP contribution in [0.4, 0.5) is 0 Å². The summed E-state index contributed by atoms with van der Waals surface area (Å²) < 4.78 is 9.02. The quantitative estimate of drug-likeness (QED) is 0.364. The van der Waals surface area contributed by atoms with E-state index in [0.29, 0.717) is 11.5 Å². The molecule has 35 heavy (non-hydrogen) atoms.